The zero-order chi connectivity index (χ0) is 12.1. The number of halogens is 1. The normalized spacial score (nSPS) is 12.2. The van der Waals surface area contributed by atoms with Crippen LogP contribution in [0.15, 0.2) is 12.3 Å². The molecule has 0 saturated heterocycles. The largest absolute Gasteiger partial charge is 0.465 e. The van der Waals surface area contributed by atoms with E-state index in [1.165, 1.54) is 18.0 Å². The summed E-state index contributed by atoms with van der Waals surface area (Å²) in [6.07, 6.45) is 3.25. The van der Waals surface area contributed by atoms with Crippen molar-refractivity contribution in [3.63, 3.8) is 0 Å². The number of hydrogen-bond acceptors (Lipinski definition) is 5. The number of esters is 1. The van der Waals surface area contributed by atoms with Gasteiger partial charge in [0.05, 0.1) is 11.6 Å². The monoisotopic (exact) mass is 260 g/mol. The van der Waals surface area contributed by atoms with Gasteiger partial charge in [0.15, 0.2) is 0 Å². The number of ether oxygens (including phenoxy) is 1. The maximum absolute atomic E-state index is 11.7. The lowest BCUT2D eigenvalue weighted by Gasteiger charge is -2.14. The van der Waals surface area contributed by atoms with Crippen molar-refractivity contribution in [3.8, 4) is 0 Å². The fraction of sp³-hybridized carbons (Fsp3) is 0.400. The second-order valence-electron chi connectivity index (χ2n) is 3.00. The summed E-state index contributed by atoms with van der Waals surface area (Å²) in [6, 6.07) is 1.64. The molecule has 1 heterocycles. The van der Waals surface area contributed by atoms with E-state index in [0.717, 1.165) is 0 Å². The number of hydrogen-bond donors (Lipinski definition) is 1. The highest BCUT2D eigenvalue weighted by Crippen LogP contribution is 2.32. The van der Waals surface area contributed by atoms with Crippen LogP contribution in [0.1, 0.15) is 17.7 Å². The molecule has 0 spiro atoms. The predicted molar refractivity (Wildman–Crippen MR) is 66.5 cm³/mol. The zero-order valence-electron chi connectivity index (χ0n) is 9.07. The summed E-state index contributed by atoms with van der Waals surface area (Å²) in [5, 5.41) is -0.0290. The molecule has 1 atom stereocenters. The molecule has 1 unspecified atom stereocenters. The third-order valence-corrected chi connectivity index (χ3v) is 3.06. The number of carbonyl (C=O) groups is 1. The molecule has 1 rings (SSSR count). The van der Waals surface area contributed by atoms with Gasteiger partial charge >= 0.3 is 5.97 Å². The maximum Gasteiger partial charge on any atom is 0.323 e. The van der Waals surface area contributed by atoms with Crippen LogP contribution in [0.4, 0.5) is 5.82 Å². The number of rotatable bonds is 4. The fourth-order valence-corrected chi connectivity index (χ4v) is 2.11. The highest BCUT2D eigenvalue weighted by Gasteiger charge is 2.23. The number of anilines is 1. The summed E-state index contributed by atoms with van der Waals surface area (Å²) < 4.78 is 4.96. The molecular formula is C10H13ClN2O2S. The fourth-order valence-electron chi connectivity index (χ4n) is 1.24. The molecule has 0 bridgehead atoms. The van der Waals surface area contributed by atoms with E-state index in [2.05, 4.69) is 4.98 Å². The van der Waals surface area contributed by atoms with Crippen LogP contribution in [-0.4, -0.2) is 23.8 Å². The summed E-state index contributed by atoms with van der Waals surface area (Å²) in [5.74, 6) is -0.0254. The van der Waals surface area contributed by atoms with Gasteiger partial charge < -0.3 is 10.5 Å². The van der Waals surface area contributed by atoms with Gasteiger partial charge in [-0.25, -0.2) is 4.98 Å². The summed E-state index contributed by atoms with van der Waals surface area (Å²) >= 11 is 7.16. The van der Waals surface area contributed by atoms with Crippen LogP contribution in [0.25, 0.3) is 0 Å². The van der Waals surface area contributed by atoms with E-state index < -0.39 is 5.25 Å². The van der Waals surface area contributed by atoms with Gasteiger partial charge in [0.2, 0.25) is 0 Å². The van der Waals surface area contributed by atoms with E-state index in [-0.39, 0.29) is 5.97 Å². The Hall–Kier alpha value is -0.940. The Balaban J connectivity index is 3.03. The summed E-state index contributed by atoms with van der Waals surface area (Å²) in [6.45, 7) is 2.10. The number of nitrogens with zero attached hydrogens (tertiary/aromatic N) is 1. The van der Waals surface area contributed by atoms with Crippen molar-refractivity contribution in [3.05, 3.63) is 22.8 Å². The molecule has 0 aromatic carbocycles. The Morgan fingerprint density at radius 1 is 1.75 bits per heavy atom. The first kappa shape index (κ1) is 13.1. The van der Waals surface area contributed by atoms with Crippen molar-refractivity contribution >= 4 is 35.1 Å². The second kappa shape index (κ2) is 5.96. The Bertz CT molecular complexity index is 387. The lowest BCUT2D eigenvalue weighted by atomic mass is 10.2. The lowest BCUT2D eigenvalue weighted by molar-refractivity contribution is -0.142. The van der Waals surface area contributed by atoms with Gasteiger partial charge in [-0.15, -0.1) is 11.8 Å². The van der Waals surface area contributed by atoms with Crippen molar-refractivity contribution in [2.45, 2.75) is 12.2 Å². The van der Waals surface area contributed by atoms with Crippen LogP contribution >= 0.6 is 23.4 Å². The average molecular weight is 261 g/mol. The molecule has 0 amide bonds. The molecule has 0 aliphatic carbocycles. The minimum Gasteiger partial charge on any atom is -0.465 e. The van der Waals surface area contributed by atoms with Crippen molar-refractivity contribution in [1.82, 2.24) is 4.98 Å². The number of thioether (sulfide) groups is 1. The van der Waals surface area contributed by atoms with E-state index in [1.807, 2.05) is 6.26 Å². The smallest absolute Gasteiger partial charge is 0.323 e. The summed E-state index contributed by atoms with van der Waals surface area (Å²) in [7, 11) is 0. The molecule has 0 aliphatic rings. The third kappa shape index (κ3) is 3.02. The molecule has 0 fully saturated rings. The zero-order valence-corrected chi connectivity index (χ0v) is 10.6. The van der Waals surface area contributed by atoms with Crippen LogP contribution in [-0.2, 0) is 9.53 Å². The Kier molecular flexibility index (Phi) is 4.89. The Labute approximate surface area is 104 Å². The van der Waals surface area contributed by atoms with Crippen LogP contribution in [0.5, 0.6) is 0 Å². The van der Waals surface area contributed by atoms with Crippen molar-refractivity contribution in [2.24, 2.45) is 0 Å². The van der Waals surface area contributed by atoms with E-state index in [0.29, 0.717) is 23.0 Å². The van der Waals surface area contributed by atoms with Crippen LogP contribution in [0.2, 0.25) is 5.02 Å². The molecule has 16 heavy (non-hydrogen) atoms. The molecule has 88 valence electrons. The van der Waals surface area contributed by atoms with Crippen molar-refractivity contribution < 1.29 is 9.53 Å². The minimum atomic E-state index is -0.480. The molecule has 0 aliphatic heterocycles. The third-order valence-electron chi connectivity index (χ3n) is 1.93. The van der Waals surface area contributed by atoms with Crippen molar-refractivity contribution in [2.75, 3.05) is 18.6 Å². The van der Waals surface area contributed by atoms with Gasteiger partial charge in [-0.1, -0.05) is 11.6 Å². The number of nitrogen functional groups attached to an aromatic ring is 1. The first-order valence-corrected chi connectivity index (χ1v) is 6.37. The number of carbonyl (C=O) groups excluding carboxylic acids is 1. The van der Waals surface area contributed by atoms with E-state index >= 15 is 0 Å². The Morgan fingerprint density at radius 3 is 3.00 bits per heavy atom. The topological polar surface area (TPSA) is 65.2 Å². The second-order valence-corrected chi connectivity index (χ2v) is 4.38. The standard InChI is InChI=1S/C10H13ClN2O2S/c1-3-15-10(14)8(16-2)7-4-6(11)5-13-9(7)12/h4-5,8H,3H2,1-2H3,(H2,12,13). The van der Waals surface area contributed by atoms with Crippen molar-refractivity contribution in [1.29, 1.82) is 0 Å². The summed E-state index contributed by atoms with van der Waals surface area (Å²) in [4.78, 5) is 15.6. The van der Waals surface area contributed by atoms with E-state index in [1.54, 1.807) is 13.0 Å². The number of pyridine rings is 1. The molecule has 1 aromatic heterocycles. The maximum atomic E-state index is 11.7. The molecular weight excluding hydrogens is 248 g/mol. The van der Waals surface area contributed by atoms with E-state index in [9.17, 15) is 4.79 Å². The highest BCUT2D eigenvalue weighted by molar-refractivity contribution is 7.99. The van der Waals surface area contributed by atoms with Gasteiger partial charge in [-0.2, -0.15) is 0 Å². The van der Waals surface area contributed by atoms with Gasteiger partial charge in [0.1, 0.15) is 11.1 Å². The highest BCUT2D eigenvalue weighted by atomic mass is 35.5. The van der Waals surface area contributed by atoms with Gasteiger partial charge in [-0.3, -0.25) is 4.79 Å². The lowest BCUT2D eigenvalue weighted by Crippen LogP contribution is -2.15. The molecule has 4 nitrogen and oxygen atoms in total. The minimum absolute atomic E-state index is 0.303. The number of nitrogens with two attached hydrogens (primary N) is 1. The summed E-state index contributed by atoms with van der Waals surface area (Å²) in [5.41, 5.74) is 6.30. The molecule has 1 aromatic rings. The van der Waals surface area contributed by atoms with Crippen LogP contribution in [0, 0.1) is 0 Å². The number of aromatic nitrogens is 1. The first-order chi connectivity index (χ1) is 7.60. The van der Waals surface area contributed by atoms with Gasteiger partial charge in [-0.05, 0) is 19.2 Å². The quantitative estimate of drug-likeness (QED) is 0.842. The first-order valence-electron chi connectivity index (χ1n) is 4.70. The molecule has 6 heteroatoms. The van der Waals surface area contributed by atoms with Crippen LogP contribution < -0.4 is 5.73 Å². The van der Waals surface area contributed by atoms with E-state index in [4.69, 9.17) is 22.1 Å². The molecule has 0 radical (unpaired) electrons. The predicted octanol–water partition coefficient (Wildman–Crippen LogP) is 2.28. The van der Waals surface area contributed by atoms with Crippen LogP contribution in [0.3, 0.4) is 0 Å². The molecule has 0 saturated carbocycles. The SMILES string of the molecule is CCOC(=O)C(SC)c1cc(Cl)cnc1N. The van der Waals surface area contributed by atoms with Gasteiger partial charge in [0.25, 0.3) is 0 Å². The van der Waals surface area contributed by atoms with Gasteiger partial charge in [0, 0.05) is 11.8 Å². The Morgan fingerprint density at radius 2 is 2.44 bits per heavy atom. The molecule has 2 N–H and O–H groups in total. The average Bonchev–Trinajstić information content (AvgIpc) is 2.24.